The molecule has 0 radical (unpaired) electrons. The second-order valence-electron chi connectivity index (χ2n) is 3.73. The molecule has 0 aliphatic carbocycles. The standard InChI is InChI=1S/C15H14OS/c16-12-11-15(13-7-3-1-4-8-13)17-14-9-5-2-6-10-14/h1-10,12,15H,11H2/t15-/m1/s1. The summed E-state index contributed by atoms with van der Waals surface area (Å²) in [5.74, 6) is 0. The number of benzene rings is 2. The van der Waals surface area contributed by atoms with Crippen LogP contribution in [-0.2, 0) is 4.79 Å². The Morgan fingerprint density at radius 2 is 1.53 bits per heavy atom. The molecule has 2 aromatic carbocycles. The van der Waals surface area contributed by atoms with E-state index in [1.165, 1.54) is 10.5 Å². The first-order valence-electron chi connectivity index (χ1n) is 5.60. The van der Waals surface area contributed by atoms with Crippen LogP contribution in [0.3, 0.4) is 0 Å². The monoisotopic (exact) mass is 242 g/mol. The van der Waals surface area contributed by atoms with Crippen LogP contribution in [0.25, 0.3) is 0 Å². The number of rotatable bonds is 5. The van der Waals surface area contributed by atoms with Crippen LogP contribution < -0.4 is 0 Å². The topological polar surface area (TPSA) is 17.1 Å². The molecule has 0 aliphatic heterocycles. The number of carbonyl (C=O) groups excluding carboxylic acids is 1. The highest BCUT2D eigenvalue weighted by molar-refractivity contribution is 7.99. The maximum Gasteiger partial charge on any atom is 0.121 e. The minimum atomic E-state index is 0.205. The van der Waals surface area contributed by atoms with Crippen LogP contribution in [0.15, 0.2) is 65.6 Å². The van der Waals surface area contributed by atoms with Crippen LogP contribution >= 0.6 is 11.8 Å². The second-order valence-corrected chi connectivity index (χ2v) is 5.01. The molecule has 1 nitrogen and oxygen atoms in total. The molecule has 0 saturated carbocycles. The van der Waals surface area contributed by atoms with Gasteiger partial charge < -0.3 is 4.79 Å². The fraction of sp³-hybridized carbons (Fsp3) is 0.133. The average molecular weight is 242 g/mol. The van der Waals surface area contributed by atoms with Crippen LogP contribution in [-0.4, -0.2) is 6.29 Å². The van der Waals surface area contributed by atoms with Gasteiger partial charge in [-0.1, -0.05) is 48.5 Å². The minimum absolute atomic E-state index is 0.205. The van der Waals surface area contributed by atoms with Gasteiger partial charge in [0.2, 0.25) is 0 Å². The molecule has 0 heterocycles. The van der Waals surface area contributed by atoms with Gasteiger partial charge in [-0.2, -0.15) is 0 Å². The Balaban J connectivity index is 2.16. The van der Waals surface area contributed by atoms with Crippen molar-refractivity contribution in [3.63, 3.8) is 0 Å². The molecular formula is C15H14OS. The SMILES string of the molecule is O=CC[C@@H](Sc1ccccc1)c1ccccc1. The lowest BCUT2D eigenvalue weighted by molar-refractivity contribution is -0.107. The van der Waals surface area contributed by atoms with Gasteiger partial charge in [0, 0.05) is 16.6 Å². The van der Waals surface area contributed by atoms with Crippen molar-refractivity contribution in [1.29, 1.82) is 0 Å². The van der Waals surface area contributed by atoms with E-state index < -0.39 is 0 Å². The van der Waals surface area contributed by atoms with Crippen molar-refractivity contribution in [2.45, 2.75) is 16.6 Å². The molecule has 17 heavy (non-hydrogen) atoms. The fourth-order valence-corrected chi connectivity index (χ4v) is 2.78. The van der Waals surface area contributed by atoms with E-state index in [4.69, 9.17) is 0 Å². The number of hydrogen-bond acceptors (Lipinski definition) is 2. The molecule has 0 saturated heterocycles. The zero-order valence-electron chi connectivity index (χ0n) is 9.45. The molecule has 1 atom stereocenters. The van der Waals surface area contributed by atoms with Gasteiger partial charge in [0.1, 0.15) is 6.29 Å². The van der Waals surface area contributed by atoms with Crippen LogP contribution in [0.5, 0.6) is 0 Å². The zero-order valence-corrected chi connectivity index (χ0v) is 10.3. The summed E-state index contributed by atoms with van der Waals surface area (Å²) < 4.78 is 0. The highest BCUT2D eigenvalue weighted by Crippen LogP contribution is 2.36. The summed E-state index contributed by atoms with van der Waals surface area (Å²) in [4.78, 5) is 12.0. The molecule has 0 fully saturated rings. The first-order valence-corrected chi connectivity index (χ1v) is 6.48. The number of carbonyl (C=O) groups is 1. The number of aldehydes is 1. The maximum absolute atomic E-state index is 10.8. The molecule has 86 valence electrons. The van der Waals surface area contributed by atoms with Gasteiger partial charge in [0.05, 0.1) is 0 Å². The third-order valence-electron chi connectivity index (χ3n) is 2.50. The summed E-state index contributed by atoms with van der Waals surface area (Å²) in [6.07, 6.45) is 1.54. The van der Waals surface area contributed by atoms with Crippen molar-refractivity contribution in [2.24, 2.45) is 0 Å². The zero-order chi connectivity index (χ0) is 11.9. The van der Waals surface area contributed by atoms with Crippen molar-refractivity contribution in [3.05, 3.63) is 66.2 Å². The van der Waals surface area contributed by atoms with Gasteiger partial charge in [-0.15, -0.1) is 11.8 Å². The van der Waals surface area contributed by atoms with E-state index in [9.17, 15) is 4.79 Å². The Morgan fingerprint density at radius 1 is 0.941 bits per heavy atom. The van der Waals surface area contributed by atoms with E-state index in [1.807, 2.05) is 36.4 Å². The summed E-state index contributed by atoms with van der Waals surface area (Å²) in [6, 6.07) is 20.4. The Bertz CT molecular complexity index is 453. The molecule has 0 spiro atoms. The van der Waals surface area contributed by atoms with Crippen molar-refractivity contribution < 1.29 is 4.79 Å². The third kappa shape index (κ3) is 3.46. The maximum atomic E-state index is 10.8. The molecule has 0 aromatic heterocycles. The van der Waals surface area contributed by atoms with Gasteiger partial charge in [-0.05, 0) is 17.7 Å². The third-order valence-corrected chi connectivity index (χ3v) is 3.80. The normalized spacial score (nSPS) is 12.0. The summed E-state index contributed by atoms with van der Waals surface area (Å²) in [5, 5.41) is 0.205. The minimum Gasteiger partial charge on any atom is -0.303 e. The lowest BCUT2D eigenvalue weighted by Gasteiger charge is -2.14. The highest BCUT2D eigenvalue weighted by Gasteiger charge is 2.11. The van der Waals surface area contributed by atoms with E-state index in [1.54, 1.807) is 11.8 Å². The predicted molar refractivity (Wildman–Crippen MR) is 72.2 cm³/mol. The smallest absolute Gasteiger partial charge is 0.121 e. The lowest BCUT2D eigenvalue weighted by atomic mass is 10.1. The Hall–Kier alpha value is -1.54. The molecule has 0 unspecified atom stereocenters. The molecule has 2 rings (SSSR count). The van der Waals surface area contributed by atoms with Gasteiger partial charge in [-0.25, -0.2) is 0 Å². The Morgan fingerprint density at radius 3 is 2.12 bits per heavy atom. The molecule has 0 aliphatic rings. The quantitative estimate of drug-likeness (QED) is 0.580. The van der Waals surface area contributed by atoms with Gasteiger partial charge in [0.25, 0.3) is 0 Å². The molecule has 0 amide bonds. The van der Waals surface area contributed by atoms with E-state index in [0.29, 0.717) is 6.42 Å². The van der Waals surface area contributed by atoms with E-state index in [-0.39, 0.29) is 5.25 Å². The first kappa shape index (κ1) is 11.9. The van der Waals surface area contributed by atoms with Crippen molar-refractivity contribution in [1.82, 2.24) is 0 Å². The average Bonchev–Trinajstić information content (AvgIpc) is 2.40. The molecule has 0 bridgehead atoms. The predicted octanol–water partition coefficient (Wildman–Crippen LogP) is 4.11. The van der Waals surface area contributed by atoms with Crippen molar-refractivity contribution >= 4 is 18.0 Å². The summed E-state index contributed by atoms with van der Waals surface area (Å²) in [5.41, 5.74) is 1.20. The molecule has 0 N–H and O–H groups in total. The van der Waals surface area contributed by atoms with Gasteiger partial charge >= 0.3 is 0 Å². The van der Waals surface area contributed by atoms with E-state index in [2.05, 4.69) is 24.3 Å². The molecule has 2 aromatic rings. The van der Waals surface area contributed by atoms with Crippen LogP contribution in [0.1, 0.15) is 17.2 Å². The summed E-state index contributed by atoms with van der Waals surface area (Å²) in [7, 11) is 0. The van der Waals surface area contributed by atoms with Crippen LogP contribution in [0, 0.1) is 0 Å². The highest BCUT2D eigenvalue weighted by atomic mass is 32.2. The second kappa shape index (κ2) is 6.26. The largest absolute Gasteiger partial charge is 0.303 e. The molecular weight excluding hydrogens is 228 g/mol. The molecule has 2 heteroatoms. The number of hydrogen-bond donors (Lipinski definition) is 0. The number of thioether (sulfide) groups is 1. The fourth-order valence-electron chi connectivity index (χ4n) is 1.67. The Kier molecular flexibility index (Phi) is 4.39. The van der Waals surface area contributed by atoms with Crippen molar-refractivity contribution in [2.75, 3.05) is 0 Å². The van der Waals surface area contributed by atoms with Crippen LogP contribution in [0.2, 0.25) is 0 Å². The summed E-state index contributed by atoms with van der Waals surface area (Å²) in [6.45, 7) is 0. The lowest BCUT2D eigenvalue weighted by Crippen LogP contribution is -1.94. The van der Waals surface area contributed by atoms with Gasteiger partial charge in [0.15, 0.2) is 0 Å². The summed E-state index contributed by atoms with van der Waals surface area (Å²) >= 11 is 1.74. The van der Waals surface area contributed by atoms with E-state index >= 15 is 0 Å². The van der Waals surface area contributed by atoms with Crippen molar-refractivity contribution in [3.8, 4) is 0 Å². The van der Waals surface area contributed by atoms with Crippen LogP contribution in [0.4, 0.5) is 0 Å². The Labute approximate surface area is 106 Å². The van der Waals surface area contributed by atoms with E-state index in [0.717, 1.165) is 6.29 Å². The van der Waals surface area contributed by atoms with Gasteiger partial charge in [-0.3, -0.25) is 0 Å². The first-order chi connectivity index (χ1) is 8.40.